The van der Waals surface area contributed by atoms with E-state index in [0.29, 0.717) is 17.2 Å². The molecule has 1 saturated heterocycles. The van der Waals surface area contributed by atoms with Crippen LogP contribution in [0.3, 0.4) is 0 Å². The van der Waals surface area contributed by atoms with Crippen LogP contribution in [0.1, 0.15) is 13.3 Å². The molecule has 4 rings (SSSR count). The topological polar surface area (TPSA) is 103 Å². The number of H-pyrrole nitrogens is 1. The second-order valence-electron chi connectivity index (χ2n) is 7.02. The van der Waals surface area contributed by atoms with Gasteiger partial charge in [0.1, 0.15) is 18.1 Å². The Morgan fingerprint density at radius 3 is 2.73 bits per heavy atom. The quantitative estimate of drug-likeness (QED) is 0.524. The summed E-state index contributed by atoms with van der Waals surface area (Å²) >= 11 is 0. The Hall–Kier alpha value is -2.49. The number of halogens is 3. The minimum absolute atomic E-state index is 0. The number of alkyl halides is 1. The number of nitrogens with zero attached hydrogens (tertiary/aromatic N) is 5. The van der Waals surface area contributed by atoms with Crippen molar-refractivity contribution in [2.24, 2.45) is 0 Å². The second-order valence-corrected chi connectivity index (χ2v) is 7.02. The number of phenolic OH excluding ortho intramolecular Hbond substituents is 1. The average Bonchev–Trinajstić information content (AvgIpc) is 3.40. The molecule has 3 N–H and O–H groups in total. The molecule has 0 aliphatic carbocycles. The first-order chi connectivity index (χ1) is 13.6. The van der Waals surface area contributed by atoms with E-state index in [2.05, 4.69) is 30.7 Å². The van der Waals surface area contributed by atoms with Gasteiger partial charge in [-0.3, -0.25) is 5.10 Å². The van der Waals surface area contributed by atoms with Gasteiger partial charge in [-0.15, -0.1) is 35.0 Å². The first-order valence-electron chi connectivity index (χ1n) is 9.23. The van der Waals surface area contributed by atoms with E-state index in [4.69, 9.17) is 0 Å². The van der Waals surface area contributed by atoms with Gasteiger partial charge in [0, 0.05) is 42.5 Å². The summed E-state index contributed by atoms with van der Waals surface area (Å²) in [5.41, 5.74) is 2.81. The van der Waals surface area contributed by atoms with Crippen LogP contribution in [0, 0.1) is 0 Å². The Morgan fingerprint density at radius 2 is 2.10 bits per heavy atom. The molecule has 0 spiro atoms. The highest BCUT2D eigenvalue weighted by Crippen LogP contribution is 2.32. The van der Waals surface area contributed by atoms with Gasteiger partial charge in [0.15, 0.2) is 0 Å². The van der Waals surface area contributed by atoms with E-state index < -0.39 is 0 Å². The molecular formula is C19H24Cl2FN7O. The van der Waals surface area contributed by atoms with Crippen LogP contribution in [-0.4, -0.2) is 62.3 Å². The Morgan fingerprint density at radius 1 is 1.27 bits per heavy atom. The fourth-order valence-corrected chi connectivity index (χ4v) is 3.40. The molecule has 2 atom stereocenters. The zero-order valence-electron chi connectivity index (χ0n) is 16.3. The molecule has 3 aromatic rings. The van der Waals surface area contributed by atoms with Crippen LogP contribution in [0.4, 0.5) is 10.3 Å². The van der Waals surface area contributed by atoms with Crippen LogP contribution in [0.15, 0.2) is 36.8 Å². The third-order valence-electron chi connectivity index (χ3n) is 4.88. The third kappa shape index (κ3) is 5.16. The lowest BCUT2D eigenvalue weighted by Crippen LogP contribution is -2.39. The number of anilines is 1. The average molecular weight is 456 g/mol. The predicted molar refractivity (Wildman–Crippen MR) is 118 cm³/mol. The van der Waals surface area contributed by atoms with E-state index in [1.165, 1.54) is 0 Å². The molecule has 1 aliphatic heterocycles. The highest BCUT2D eigenvalue weighted by atomic mass is 35.5. The molecule has 0 radical (unpaired) electrons. The van der Waals surface area contributed by atoms with Gasteiger partial charge in [-0.05, 0) is 31.0 Å². The van der Waals surface area contributed by atoms with Gasteiger partial charge in [-0.2, -0.15) is 5.10 Å². The van der Waals surface area contributed by atoms with Crippen molar-refractivity contribution in [2.75, 3.05) is 24.7 Å². The normalized spacial score (nSPS) is 16.6. The molecular weight excluding hydrogens is 432 g/mol. The SMILES string of the molecule is C[C@H](CF)N[C@H]1CCN(c2ncc(-c3ccc(-c4cn[nH]c4)cc3O)nn2)C1.Cl.Cl. The third-order valence-corrected chi connectivity index (χ3v) is 4.88. The maximum Gasteiger partial charge on any atom is 0.245 e. The van der Waals surface area contributed by atoms with E-state index in [1.54, 1.807) is 30.7 Å². The summed E-state index contributed by atoms with van der Waals surface area (Å²) in [4.78, 5) is 6.44. The second kappa shape index (κ2) is 10.5. The molecule has 0 unspecified atom stereocenters. The summed E-state index contributed by atoms with van der Waals surface area (Å²) in [6.07, 6.45) is 5.97. The van der Waals surface area contributed by atoms with Crippen LogP contribution in [0.2, 0.25) is 0 Å². The lowest BCUT2D eigenvalue weighted by Gasteiger charge is -2.18. The summed E-state index contributed by atoms with van der Waals surface area (Å²) in [7, 11) is 0. The highest BCUT2D eigenvalue weighted by molar-refractivity contribution is 5.85. The van der Waals surface area contributed by atoms with Crippen molar-refractivity contribution < 1.29 is 9.50 Å². The van der Waals surface area contributed by atoms with Gasteiger partial charge in [0.25, 0.3) is 0 Å². The summed E-state index contributed by atoms with van der Waals surface area (Å²) < 4.78 is 12.7. The summed E-state index contributed by atoms with van der Waals surface area (Å²) in [5, 5.41) is 28.8. The van der Waals surface area contributed by atoms with E-state index >= 15 is 0 Å². The number of hydrogen-bond donors (Lipinski definition) is 3. The Labute approximate surface area is 186 Å². The Bertz CT molecular complexity index is 927. The molecule has 162 valence electrons. The van der Waals surface area contributed by atoms with Crippen molar-refractivity contribution in [3.63, 3.8) is 0 Å². The maximum absolute atomic E-state index is 12.7. The monoisotopic (exact) mass is 455 g/mol. The lowest BCUT2D eigenvalue weighted by molar-refractivity contribution is 0.365. The number of aromatic hydroxyl groups is 1. The number of nitrogens with one attached hydrogen (secondary N) is 2. The largest absolute Gasteiger partial charge is 0.507 e. The molecule has 8 nitrogen and oxygen atoms in total. The Balaban J connectivity index is 0.00000160. The molecule has 3 heterocycles. The van der Waals surface area contributed by atoms with E-state index in [-0.39, 0.29) is 49.3 Å². The summed E-state index contributed by atoms with van der Waals surface area (Å²) in [6.45, 7) is 2.96. The number of aromatic nitrogens is 5. The van der Waals surface area contributed by atoms with Crippen molar-refractivity contribution in [1.82, 2.24) is 30.7 Å². The van der Waals surface area contributed by atoms with Crippen LogP contribution in [0.5, 0.6) is 5.75 Å². The summed E-state index contributed by atoms with van der Waals surface area (Å²) in [5.74, 6) is 0.642. The van der Waals surface area contributed by atoms with Gasteiger partial charge < -0.3 is 15.3 Å². The molecule has 1 aliphatic rings. The molecule has 0 amide bonds. The molecule has 30 heavy (non-hydrogen) atoms. The van der Waals surface area contributed by atoms with Crippen molar-refractivity contribution >= 4 is 30.8 Å². The van der Waals surface area contributed by atoms with Crippen LogP contribution >= 0.6 is 24.8 Å². The number of hydrogen-bond acceptors (Lipinski definition) is 7. The zero-order chi connectivity index (χ0) is 19.5. The van der Waals surface area contributed by atoms with Gasteiger partial charge >= 0.3 is 0 Å². The van der Waals surface area contributed by atoms with Crippen LogP contribution in [0.25, 0.3) is 22.4 Å². The van der Waals surface area contributed by atoms with Gasteiger partial charge in [0.05, 0.1) is 12.4 Å². The highest BCUT2D eigenvalue weighted by Gasteiger charge is 2.25. The summed E-state index contributed by atoms with van der Waals surface area (Å²) in [6, 6.07) is 5.40. The standard InChI is InChI=1S/C19H22FN7O.2ClH/c1-12(7-20)24-15-4-5-27(11-15)19-21-10-17(25-26-19)16-3-2-13(6-18(16)28)14-8-22-23-9-14;;/h2-3,6,8-10,12,15,24,28H,4-5,7,11H2,1H3,(H,22,23);2*1H/t12-,15+;;/m1../s1. The number of phenols is 1. The number of benzene rings is 1. The first kappa shape index (κ1) is 23.8. The van der Waals surface area contributed by atoms with Crippen molar-refractivity contribution in [2.45, 2.75) is 25.4 Å². The Kier molecular flexibility index (Phi) is 8.33. The molecule has 2 aromatic heterocycles. The van der Waals surface area contributed by atoms with Crippen LogP contribution < -0.4 is 10.2 Å². The van der Waals surface area contributed by atoms with Crippen molar-refractivity contribution in [3.05, 3.63) is 36.8 Å². The van der Waals surface area contributed by atoms with E-state index in [1.807, 2.05) is 17.9 Å². The van der Waals surface area contributed by atoms with Crippen LogP contribution in [-0.2, 0) is 0 Å². The lowest BCUT2D eigenvalue weighted by atomic mass is 10.0. The van der Waals surface area contributed by atoms with E-state index in [9.17, 15) is 9.50 Å². The predicted octanol–water partition coefficient (Wildman–Crippen LogP) is 3.00. The first-order valence-corrected chi connectivity index (χ1v) is 9.23. The van der Waals surface area contributed by atoms with Gasteiger partial charge in [0.2, 0.25) is 5.95 Å². The minimum Gasteiger partial charge on any atom is -0.507 e. The molecule has 0 saturated carbocycles. The molecule has 11 heteroatoms. The number of rotatable bonds is 6. The fourth-order valence-electron chi connectivity index (χ4n) is 3.40. The smallest absolute Gasteiger partial charge is 0.245 e. The molecule has 0 bridgehead atoms. The van der Waals surface area contributed by atoms with Gasteiger partial charge in [-0.25, -0.2) is 9.37 Å². The molecule has 1 fully saturated rings. The van der Waals surface area contributed by atoms with Crippen molar-refractivity contribution in [3.8, 4) is 28.1 Å². The van der Waals surface area contributed by atoms with Crippen molar-refractivity contribution in [1.29, 1.82) is 0 Å². The molecule has 1 aromatic carbocycles. The minimum atomic E-state index is -0.383. The van der Waals surface area contributed by atoms with E-state index in [0.717, 1.165) is 30.6 Å². The zero-order valence-corrected chi connectivity index (χ0v) is 18.0. The fraction of sp³-hybridized carbons (Fsp3) is 0.368. The number of aromatic amines is 1. The maximum atomic E-state index is 12.7. The van der Waals surface area contributed by atoms with Gasteiger partial charge in [-0.1, -0.05) is 6.07 Å².